The lowest BCUT2D eigenvalue weighted by molar-refractivity contribution is -0.384. The molecular weight excluding hydrogens is 316 g/mol. The van der Waals surface area contributed by atoms with Crippen molar-refractivity contribution in [1.29, 1.82) is 0 Å². The molecule has 0 saturated carbocycles. The van der Waals surface area contributed by atoms with Gasteiger partial charge in [0.2, 0.25) is 0 Å². The molecule has 1 aliphatic rings. The van der Waals surface area contributed by atoms with E-state index in [-0.39, 0.29) is 22.4 Å². The van der Waals surface area contributed by atoms with E-state index in [2.05, 4.69) is 6.92 Å². The van der Waals surface area contributed by atoms with Crippen molar-refractivity contribution >= 4 is 17.6 Å². The van der Waals surface area contributed by atoms with Crippen LogP contribution in [0.2, 0.25) is 0 Å². The van der Waals surface area contributed by atoms with Crippen molar-refractivity contribution in [3.8, 4) is 0 Å². The number of carbonyl (C=O) groups is 2. The first kappa shape index (κ1) is 17.9. The number of amides is 1. The minimum atomic E-state index is -1.31. The second-order valence-electron chi connectivity index (χ2n) is 6.37. The minimum absolute atomic E-state index is 0.000436. The third-order valence-corrected chi connectivity index (χ3v) is 4.37. The van der Waals surface area contributed by atoms with Crippen LogP contribution in [0.1, 0.15) is 40.5 Å². The van der Waals surface area contributed by atoms with Crippen LogP contribution in [-0.2, 0) is 4.74 Å². The Balaban J connectivity index is 2.21. The molecule has 24 heavy (non-hydrogen) atoms. The fourth-order valence-corrected chi connectivity index (χ4v) is 2.89. The van der Waals surface area contributed by atoms with Gasteiger partial charge in [0.1, 0.15) is 0 Å². The third kappa shape index (κ3) is 3.88. The molecule has 1 aromatic rings. The molecule has 130 valence electrons. The lowest BCUT2D eigenvalue weighted by Crippen LogP contribution is -2.43. The zero-order valence-electron chi connectivity index (χ0n) is 13.7. The van der Waals surface area contributed by atoms with Crippen LogP contribution in [0.5, 0.6) is 0 Å². The van der Waals surface area contributed by atoms with Gasteiger partial charge in [0.25, 0.3) is 11.6 Å². The summed E-state index contributed by atoms with van der Waals surface area (Å²) >= 11 is 0. The van der Waals surface area contributed by atoms with Crippen LogP contribution in [0, 0.1) is 15.5 Å². The van der Waals surface area contributed by atoms with Gasteiger partial charge in [-0.3, -0.25) is 14.9 Å². The molecule has 1 aliphatic heterocycles. The number of carboxylic acid groups (broad SMARTS) is 1. The Morgan fingerprint density at radius 1 is 1.29 bits per heavy atom. The van der Waals surface area contributed by atoms with Crippen molar-refractivity contribution in [3.05, 3.63) is 39.4 Å². The van der Waals surface area contributed by atoms with Gasteiger partial charge in [-0.25, -0.2) is 4.79 Å². The number of carboxylic acids is 1. The van der Waals surface area contributed by atoms with E-state index in [1.54, 1.807) is 12.0 Å². The molecule has 0 bridgehead atoms. The largest absolute Gasteiger partial charge is 0.478 e. The average molecular weight is 336 g/mol. The van der Waals surface area contributed by atoms with Crippen LogP contribution < -0.4 is 0 Å². The fourth-order valence-electron chi connectivity index (χ4n) is 2.89. The number of likely N-dealkylation sites (tertiary alicyclic amines) is 1. The summed E-state index contributed by atoms with van der Waals surface area (Å²) in [6.07, 6.45) is 1.51. The van der Waals surface area contributed by atoms with Crippen LogP contribution in [0.3, 0.4) is 0 Å². The van der Waals surface area contributed by atoms with Crippen molar-refractivity contribution in [2.24, 2.45) is 5.41 Å². The van der Waals surface area contributed by atoms with Gasteiger partial charge in [0, 0.05) is 37.9 Å². The molecule has 0 aromatic heterocycles. The number of methoxy groups -OCH3 is 1. The number of carbonyl (C=O) groups excluding carboxylic acids is 1. The molecule has 0 spiro atoms. The summed E-state index contributed by atoms with van der Waals surface area (Å²) in [5.74, 6) is -1.69. The summed E-state index contributed by atoms with van der Waals surface area (Å²) < 4.78 is 5.21. The zero-order valence-corrected chi connectivity index (χ0v) is 13.7. The molecule has 1 heterocycles. The maximum atomic E-state index is 12.6. The van der Waals surface area contributed by atoms with Gasteiger partial charge < -0.3 is 14.7 Å². The highest BCUT2D eigenvalue weighted by Crippen LogP contribution is 2.32. The van der Waals surface area contributed by atoms with Gasteiger partial charge >= 0.3 is 5.97 Å². The van der Waals surface area contributed by atoms with Gasteiger partial charge in [0.15, 0.2) is 0 Å². The maximum absolute atomic E-state index is 12.6. The van der Waals surface area contributed by atoms with Crippen molar-refractivity contribution < 1.29 is 24.4 Å². The van der Waals surface area contributed by atoms with Gasteiger partial charge in [-0.1, -0.05) is 6.92 Å². The molecule has 1 amide bonds. The Kier molecular flexibility index (Phi) is 5.18. The number of nitrogens with zero attached hydrogens (tertiary/aromatic N) is 2. The predicted octanol–water partition coefficient (Wildman–Crippen LogP) is 2.18. The first-order valence-corrected chi connectivity index (χ1v) is 7.57. The van der Waals surface area contributed by atoms with E-state index < -0.39 is 16.6 Å². The molecule has 2 rings (SSSR count). The average Bonchev–Trinajstić information content (AvgIpc) is 2.54. The first-order chi connectivity index (χ1) is 11.3. The highest BCUT2D eigenvalue weighted by Gasteiger charge is 2.32. The smallest absolute Gasteiger partial charge is 0.335 e. The number of benzene rings is 1. The van der Waals surface area contributed by atoms with Crippen molar-refractivity contribution in [2.45, 2.75) is 19.8 Å². The molecule has 8 nitrogen and oxygen atoms in total. The van der Waals surface area contributed by atoms with E-state index in [0.717, 1.165) is 25.0 Å². The lowest BCUT2D eigenvalue weighted by atomic mass is 9.81. The number of hydrogen-bond acceptors (Lipinski definition) is 5. The maximum Gasteiger partial charge on any atom is 0.335 e. The summed E-state index contributed by atoms with van der Waals surface area (Å²) in [5, 5.41) is 20.0. The quantitative estimate of drug-likeness (QED) is 0.652. The number of non-ortho nitro benzene ring substituents is 1. The molecule has 0 unspecified atom stereocenters. The second-order valence-corrected chi connectivity index (χ2v) is 6.37. The summed E-state index contributed by atoms with van der Waals surface area (Å²) in [4.78, 5) is 35.6. The number of ether oxygens (including phenoxy) is 1. The Hall–Kier alpha value is -2.48. The van der Waals surface area contributed by atoms with Crippen LogP contribution in [0.25, 0.3) is 0 Å². The van der Waals surface area contributed by atoms with E-state index >= 15 is 0 Å². The third-order valence-electron chi connectivity index (χ3n) is 4.37. The zero-order chi connectivity index (χ0) is 17.9. The number of hydrogen-bond donors (Lipinski definition) is 1. The van der Waals surface area contributed by atoms with E-state index in [1.807, 2.05) is 0 Å². The number of rotatable bonds is 5. The Morgan fingerprint density at radius 2 is 1.88 bits per heavy atom. The summed E-state index contributed by atoms with van der Waals surface area (Å²) in [6, 6.07) is 3.25. The van der Waals surface area contributed by atoms with Gasteiger partial charge in [-0.2, -0.15) is 0 Å². The van der Waals surface area contributed by atoms with Crippen molar-refractivity contribution in [3.63, 3.8) is 0 Å². The van der Waals surface area contributed by atoms with Crippen LogP contribution in [-0.4, -0.2) is 53.6 Å². The summed E-state index contributed by atoms with van der Waals surface area (Å²) in [6.45, 7) is 3.71. The van der Waals surface area contributed by atoms with Crippen molar-refractivity contribution in [1.82, 2.24) is 4.90 Å². The van der Waals surface area contributed by atoms with Gasteiger partial charge in [-0.15, -0.1) is 0 Å². The number of nitro groups is 1. The predicted molar refractivity (Wildman–Crippen MR) is 85.2 cm³/mol. The van der Waals surface area contributed by atoms with Crippen LogP contribution in [0.4, 0.5) is 5.69 Å². The molecule has 1 aromatic carbocycles. The van der Waals surface area contributed by atoms with E-state index in [9.17, 15) is 19.7 Å². The first-order valence-electron chi connectivity index (χ1n) is 7.57. The summed E-state index contributed by atoms with van der Waals surface area (Å²) in [7, 11) is 1.64. The number of nitro benzene ring substituents is 1. The van der Waals surface area contributed by atoms with E-state index in [0.29, 0.717) is 19.7 Å². The van der Waals surface area contributed by atoms with Crippen molar-refractivity contribution in [2.75, 3.05) is 26.8 Å². The van der Waals surface area contributed by atoms with Crippen LogP contribution in [0.15, 0.2) is 18.2 Å². The summed E-state index contributed by atoms with van der Waals surface area (Å²) in [5.41, 5.74) is -0.648. The standard InChI is InChI=1S/C16H20N2O6/c1-16(10-24-2)3-5-17(6-4-16)14(19)11-7-12(15(20)21)9-13(8-11)18(22)23/h7-9H,3-6,10H2,1-2H3,(H,20,21). The SMILES string of the molecule is COCC1(C)CCN(C(=O)c2cc(C(=O)O)cc([N+](=O)[O-])c2)CC1. The van der Waals surface area contributed by atoms with Gasteiger partial charge in [-0.05, 0) is 24.3 Å². The number of piperidine rings is 1. The highest BCUT2D eigenvalue weighted by atomic mass is 16.6. The molecule has 8 heteroatoms. The molecule has 1 saturated heterocycles. The van der Waals surface area contributed by atoms with Gasteiger partial charge in [0.05, 0.1) is 17.1 Å². The topological polar surface area (TPSA) is 110 Å². The molecule has 0 atom stereocenters. The van der Waals surface area contributed by atoms with Crippen LogP contribution >= 0.6 is 0 Å². The monoisotopic (exact) mass is 336 g/mol. The van der Waals surface area contributed by atoms with E-state index in [4.69, 9.17) is 9.84 Å². The normalized spacial score (nSPS) is 16.7. The number of aromatic carboxylic acids is 1. The highest BCUT2D eigenvalue weighted by molar-refractivity contribution is 5.98. The molecule has 1 N–H and O–H groups in total. The Morgan fingerprint density at radius 3 is 2.38 bits per heavy atom. The molecule has 1 fully saturated rings. The Labute approximate surface area is 139 Å². The molecule has 0 aliphatic carbocycles. The van der Waals surface area contributed by atoms with E-state index in [1.165, 1.54) is 6.07 Å². The molecule has 0 radical (unpaired) electrons. The fraction of sp³-hybridized carbons (Fsp3) is 0.500. The Bertz CT molecular complexity index is 632. The lowest BCUT2D eigenvalue weighted by Gasteiger charge is -2.39. The second kappa shape index (κ2) is 6.96. The molecular formula is C16H20N2O6. The minimum Gasteiger partial charge on any atom is -0.478 e.